The van der Waals surface area contributed by atoms with Crippen LogP contribution in [0.2, 0.25) is 0 Å². The molecule has 58 valence electrons. The van der Waals surface area contributed by atoms with Crippen molar-refractivity contribution in [3.63, 3.8) is 0 Å². The fourth-order valence-corrected chi connectivity index (χ4v) is 0.714. The molecular formula is C6H7N3O2. The standard InChI is InChI=1S/C6H7N3O2/c1-4-5(7)2-8-3-6(4)9(10)11/h2-3H,7H2,1H3. The zero-order valence-electron chi connectivity index (χ0n) is 5.94. The Morgan fingerprint density at radius 1 is 1.64 bits per heavy atom. The van der Waals surface area contributed by atoms with Crippen molar-refractivity contribution in [3.05, 3.63) is 28.1 Å². The topological polar surface area (TPSA) is 82.0 Å². The molecule has 1 heterocycles. The normalized spacial score (nSPS) is 9.55. The molecule has 0 atom stereocenters. The number of hydrogen-bond acceptors (Lipinski definition) is 4. The molecule has 0 aromatic carbocycles. The molecule has 11 heavy (non-hydrogen) atoms. The number of anilines is 1. The first kappa shape index (κ1) is 7.46. The van der Waals surface area contributed by atoms with Gasteiger partial charge >= 0.3 is 0 Å². The van der Waals surface area contributed by atoms with Gasteiger partial charge < -0.3 is 5.73 Å². The Morgan fingerprint density at radius 3 is 2.73 bits per heavy atom. The molecule has 0 radical (unpaired) electrons. The van der Waals surface area contributed by atoms with Crippen LogP contribution in [0.4, 0.5) is 11.4 Å². The summed E-state index contributed by atoms with van der Waals surface area (Å²) in [5, 5.41) is 10.3. The average molecular weight is 153 g/mol. The van der Waals surface area contributed by atoms with Crippen molar-refractivity contribution in [2.45, 2.75) is 6.92 Å². The quantitative estimate of drug-likeness (QED) is 0.479. The minimum Gasteiger partial charge on any atom is -0.397 e. The summed E-state index contributed by atoms with van der Waals surface area (Å²) in [6.07, 6.45) is 2.58. The predicted octanol–water partition coefficient (Wildman–Crippen LogP) is 0.880. The number of nitrogen functional groups attached to an aromatic ring is 1. The highest BCUT2D eigenvalue weighted by Crippen LogP contribution is 2.20. The van der Waals surface area contributed by atoms with Gasteiger partial charge in [-0.15, -0.1) is 0 Å². The first-order valence-electron chi connectivity index (χ1n) is 2.97. The van der Waals surface area contributed by atoms with E-state index in [1.807, 2.05) is 0 Å². The number of pyridine rings is 1. The molecule has 0 saturated heterocycles. The Bertz CT molecular complexity index is 298. The number of rotatable bonds is 1. The second-order valence-corrected chi connectivity index (χ2v) is 2.13. The molecule has 1 aromatic rings. The maximum atomic E-state index is 10.3. The van der Waals surface area contributed by atoms with Gasteiger partial charge in [-0.1, -0.05) is 0 Å². The molecule has 0 unspecified atom stereocenters. The van der Waals surface area contributed by atoms with E-state index in [9.17, 15) is 10.1 Å². The second kappa shape index (κ2) is 2.53. The zero-order chi connectivity index (χ0) is 8.43. The maximum absolute atomic E-state index is 10.3. The van der Waals surface area contributed by atoms with E-state index in [1.54, 1.807) is 6.92 Å². The highest BCUT2D eigenvalue weighted by Gasteiger charge is 2.11. The van der Waals surface area contributed by atoms with Gasteiger partial charge in [0, 0.05) is 0 Å². The molecule has 0 amide bonds. The van der Waals surface area contributed by atoms with Crippen LogP contribution in [-0.2, 0) is 0 Å². The van der Waals surface area contributed by atoms with Gasteiger partial charge in [-0.05, 0) is 6.92 Å². The molecular weight excluding hydrogens is 146 g/mol. The van der Waals surface area contributed by atoms with Gasteiger partial charge in [0.1, 0.15) is 6.20 Å². The van der Waals surface area contributed by atoms with E-state index in [1.165, 1.54) is 12.4 Å². The molecule has 0 aliphatic heterocycles. The fraction of sp³-hybridized carbons (Fsp3) is 0.167. The van der Waals surface area contributed by atoms with Crippen LogP contribution in [0.1, 0.15) is 5.56 Å². The monoisotopic (exact) mass is 153 g/mol. The highest BCUT2D eigenvalue weighted by atomic mass is 16.6. The van der Waals surface area contributed by atoms with E-state index in [-0.39, 0.29) is 5.69 Å². The molecule has 2 N–H and O–H groups in total. The molecule has 1 rings (SSSR count). The van der Waals surface area contributed by atoms with Crippen LogP contribution in [0.25, 0.3) is 0 Å². The van der Waals surface area contributed by atoms with Gasteiger partial charge in [0.25, 0.3) is 5.69 Å². The molecule has 0 aliphatic rings. The number of nitrogens with two attached hydrogens (primary N) is 1. The largest absolute Gasteiger partial charge is 0.397 e. The third-order valence-electron chi connectivity index (χ3n) is 1.42. The summed E-state index contributed by atoms with van der Waals surface area (Å²) in [6.45, 7) is 1.59. The van der Waals surface area contributed by atoms with E-state index in [0.29, 0.717) is 11.3 Å². The number of hydrogen-bond donors (Lipinski definition) is 1. The number of nitrogens with zero attached hydrogens (tertiary/aromatic N) is 2. The molecule has 5 nitrogen and oxygen atoms in total. The van der Waals surface area contributed by atoms with Crippen LogP contribution in [0.3, 0.4) is 0 Å². The zero-order valence-corrected chi connectivity index (χ0v) is 5.94. The Balaban J connectivity index is 3.27. The van der Waals surface area contributed by atoms with Gasteiger partial charge in [0.2, 0.25) is 0 Å². The average Bonchev–Trinajstić information content (AvgIpc) is 1.94. The fourth-order valence-electron chi connectivity index (χ4n) is 0.714. The van der Waals surface area contributed by atoms with E-state index >= 15 is 0 Å². The first-order chi connectivity index (χ1) is 5.13. The lowest BCUT2D eigenvalue weighted by atomic mass is 10.2. The van der Waals surface area contributed by atoms with E-state index in [0.717, 1.165) is 0 Å². The predicted molar refractivity (Wildman–Crippen MR) is 40.0 cm³/mol. The summed E-state index contributed by atoms with van der Waals surface area (Å²) < 4.78 is 0. The molecule has 0 fully saturated rings. The van der Waals surface area contributed by atoms with Crippen molar-refractivity contribution < 1.29 is 4.92 Å². The van der Waals surface area contributed by atoms with Crippen LogP contribution in [-0.4, -0.2) is 9.91 Å². The summed E-state index contributed by atoms with van der Waals surface area (Å²) in [5.74, 6) is 0. The molecule has 0 spiro atoms. The van der Waals surface area contributed by atoms with Gasteiger partial charge in [0.05, 0.1) is 22.4 Å². The minimum atomic E-state index is -0.501. The van der Waals surface area contributed by atoms with Gasteiger partial charge in [-0.25, -0.2) is 0 Å². The van der Waals surface area contributed by atoms with Crippen molar-refractivity contribution in [3.8, 4) is 0 Å². The summed E-state index contributed by atoms with van der Waals surface area (Å²) in [4.78, 5) is 13.4. The SMILES string of the molecule is Cc1c(N)cncc1[N+](=O)[O-]. The van der Waals surface area contributed by atoms with Crippen LogP contribution in [0, 0.1) is 17.0 Å². The molecule has 0 bridgehead atoms. The summed E-state index contributed by atoms with van der Waals surface area (Å²) in [6, 6.07) is 0. The van der Waals surface area contributed by atoms with Crippen molar-refractivity contribution >= 4 is 11.4 Å². The lowest BCUT2D eigenvalue weighted by Crippen LogP contribution is -1.97. The van der Waals surface area contributed by atoms with E-state index in [4.69, 9.17) is 5.73 Å². The molecule has 5 heteroatoms. The Kier molecular flexibility index (Phi) is 1.72. The minimum absolute atomic E-state index is 0.0370. The summed E-state index contributed by atoms with van der Waals surface area (Å²) >= 11 is 0. The van der Waals surface area contributed by atoms with Crippen molar-refractivity contribution in [2.24, 2.45) is 0 Å². The summed E-state index contributed by atoms with van der Waals surface area (Å²) in [7, 11) is 0. The lowest BCUT2D eigenvalue weighted by molar-refractivity contribution is -0.385. The number of nitro groups is 1. The van der Waals surface area contributed by atoms with Crippen LogP contribution < -0.4 is 5.73 Å². The van der Waals surface area contributed by atoms with Crippen molar-refractivity contribution in [2.75, 3.05) is 5.73 Å². The van der Waals surface area contributed by atoms with Crippen molar-refractivity contribution in [1.82, 2.24) is 4.98 Å². The Labute approximate surface area is 63.0 Å². The smallest absolute Gasteiger partial charge is 0.292 e. The van der Waals surface area contributed by atoms with Gasteiger partial charge in [-0.2, -0.15) is 0 Å². The third-order valence-corrected chi connectivity index (χ3v) is 1.42. The molecule has 0 saturated carbocycles. The van der Waals surface area contributed by atoms with E-state index in [2.05, 4.69) is 4.98 Å². The van der Waals surface area contributed by atoms with E-state index < -0.39 is 4.92 Å². The van der Waals surface area contributed by atoms with Crippen LogP contribution in [0.15, 0.2) is 12.4 Å². The third kappa shape index (κ3) is 1.26. The van der Waals surface area contributed by atoms with Crippen LogP contribution in [0.5, 0.6) is 0 Å². The van der Waals surface area contributed by atoms with Gasteiger partial charge in [-0.3, -0.25) is 15.1 Å². The molecule has 0 aliphatic carbocycles. The van der Waals surface area contributed by atoms with Gasteiger partial charge in [0.15, 0.2) is 0 Å². The highest BCUT2D eigenvalue weighted by molar-refractivity contribution is 5.53. The lowest BCUT2D eigenvalue weighted by Gasteiger charge is -1.97. The number of aromatic nitrogens is 1. The maximum Gasteiger partial charge on any atom is 0.292 e. The Morgan fingerprint density at radius 2 is 2.27 bits per heavy atom. The van der Waals surface area contributed by atoms with Crippen molar-refractivity contribution in [1.29, 1.82) is 0 Å². The first-order valence-corrected chi connectivity index (χ1v) is 2.97. The second-order valence-electron chi connectivity index (χ2n) is 2.13. The molecule has 1 aromatic heterocycles. The Hall–Kier alpha value is -1.65. The summed E-state index contributed by atoms with van der Waals surface area (Å²) in [5.41, 5.74) is 6.16. The van der Waals surface area contributed by atoms with Crippen LogP contribution >= 0.6 is 0 Å².